The minimum absolute atomic E-state index is 0.207. The van der Waals surface area contributed by atoms with Crippen LogP contribution in [0.25, 0.3) is 0 Å². The van der Waals surface area contributed by atoms with E-state index >= 15 is 0 Å². The minimum Gasteiger partial charge on any atom is -0.387 e. The number of nitrogens with one attached hydrogen (secondary N) is 4. The van der Waals surface area contributed by atoms with Gasteiger partial charge in [-0.3, -0.25) is 14.4 Å². The summed E-state index contributed by atoms with van der Waals surface area (Å²) in [6.45, 7) is 1.24. The molecular weight excluding hydrogens is 651 g/mol. The van der Waals surface area contributed by atoms with Crippen molar-refractivity contribution >= 4 is 56.6 Å². The summed E-state index contributed by atoms with van der Waals surface area (Å²) in [4.78, 5) is 37.8. The maximum atomic E-state index is 13.6. The Morgan fingerprint density at radius 3 is 2.28 bits per heavy atom. The highest BCUT2D eigenvalue weighted by atomic mass is 35.5. The summed E-state index contributed by atoms with van der Waals surface area (Å²) in [5.74, 6) is -1.80. The fourth-order valence-electron chi connectivity index (χ4n) is 5.73. The fourth-order valence-corrected chi connectivity index (χ4v) is 7.09. The molecule has 1 aliphatic heterocycles. The molecule has 13 heteroatoms. The van der Waals surface area contributed by atoms with E-state index in [-0.39, 0.29) is 23.9 Å². The number of anilines is 1. The number of carbonyl (C=O) groups is 3. The largest absolute Gasteiger partial charge is 0.387 e. The van der Waals surface area contributed by atoms with Crippen LogP contribution in [0.1, 0.15) is 84.1 Å². The second-order valence-electron chi connectivity index (χ2n) is 11.5. The standard InChI is InChI=1S/C26H23Cl2N3O4.C7H15NO2S/c1-14(15-6-9-17(10-7-15)30-22(33)13-32)29-26(35)23-18-4-2-3-5-19(18)25(34)31-24(23)20-11-8-16(27)12-21(20)28;1-11(9,10)8-7-5-3-2-4-6-7/h2-12,14,23-24,32H,13H2,1H3,(H,29,35)(H,30,33)(H,31,34);7-8H,2-6H2,1H3/t14?,23-,24+;/m1./s1. The van der Waals surface area contributed by atoms with Gasteiger partial charge in [-0.25, -0.2) is 13.1 Å². The summed E-state index contributed by atoms with van der Waals surface area (Å²) in [5.41, 5.74) is 2.99. The van der Waals surface area contributed by atoms with E-state index in [4.69, 9.17) is 28.3 Å². The molecular formula is C33H38Cl2N4O6S. The van der Waals surface area contributed by atoms with Crippen molar-refractivity contribution in [3.8, 4) is 0 Å². The first kappa shape index (κ1) is 35.4. The highest BCUT2D eigenvalue weighted by Gasteiger charge is 2.40. The van der Waals surface area contributed by atoms with Gasteiger partial charge in [-0.05, 0) is 66.8 Å². The molecule has 3 aromatic rings. The van der Waals surface area contributed by atoms with Gasteiger partial charge in [0.1, 0.15) is 6.61 Å². The van der Waals surface area contributed by atoms with Crippen molar-refractivity contribution in [2.24, 2.45) is 0 Å². The Hall–Kier alpha value is -3.48. The van der Waals surface area contributed by atoms with Crippen LogP contribution in [-0.2, 0) is 19.6 Å². The molecule has 0 spiro atoms. The first-order valence-corrected chi connectivity index (χ1v) is 17.6. The van der Waals surface area contributed by atoms with Crippen molar-refractivity contribution in [1.82, 2.24) is 15.4 Å². The summed E-state index contributed by atoms with van der Waals surface area (Å²) in [6.07, 6.45) is 6.81. The molecule has 3 amide bonds. The average Bonchev–Trinajstić information content (AvgIpc) is 3.01. The van der Waals surface area contributed by atoms with E-state index in [1.165, 1.54) is 12.7 Å². The molecule has 0 saturated heterocycles. The molecule has 3 atom stereocenters. The van der Waals surface area contributed by atoms with Crippen LogP contribution in [0.3, 0.4) is 0 Å². The molecule has 46 heavy (non-hydrogen) atoms. The molecule has 1 saturated carbocycles. The fraction of sp³-hybridized carbons (Fsp3) is 0.364. The lowest BCUT2D eigenvalue weighted by atomic mass is 9.80. The van der Waals surface area contributed by atoms with Crippen LogP contribution in [-0.4, -0.2) is 50.2 Å². The van der Waals surface area contributed by atoms with Gasteiger partial charge in [-0.15, -0.1) is 0 Å². The Balaban J connectivity index is 0.000000369. The molecule has 1 aliphatic carbocycles. The van der Waals surface area contributed by atoms with Crippen molar-refractivity contribution < 1.29 is 27.9 Å². The molecule has 0 aromatic heterocycles. The van der Waals surface area contributed by atoms with Crippen molar-refractivity contribution in [2.45, 2.75) is 63.1 Å². The number of benzene rings is 3. The number of sulfonamides is 1. The lowest BCUT2D eigenvalue weighted by Gasteiger charge is -2.34. The van der Waals surface area contributed by atoms with Crippen LogP contribution in [0.2, 0.25) is 10.0 Å². The molecule has 1 heterocycles. The summed E-state index contributed by atoms with van der Waals surface area (Å²) in [7, 11) is -2.97. The first-order valence-electron chi connectivity index (χ1n) is 15.0. The highest BCUT2D eigenvalue weighted by molar-refractivity contribution is 7.88. The van der Waals surface area contributed by atoms with E-state index in [0.717, 1.165) is 31.2 Å². The third kappa shape index (κ3) is 9.52. The van der Waals surface area contributed by atoms with Crippen molar-refractivity contribution in [3.63, 3.8) is 0 Å². The van der Waals surface area contributed by atoms with Crippen LogP contribution in [0.5, 0.6) is 0 Å². The Labute approximate surface area is 279 Å². The SMILES string of the molecule is CC(NC(=O)[C@@H]1c2ccccc2C(=O)N[C@H]1c1ccc(Cl)cc1Cl)c1ccc(NC(=O)CO)cc1.CS(=O)(=O)NC1CCCCC1. The van der Waals surface area contributed by atoms with Crippen LogP contribution >= 0.6 is 23.2 Å². The van der Waals surface area contributed by atoms with E-state index in [0.29, 0.717) is 32.4 Å². The Morgan fingerprint density at radius 1 is 0.978 bits per heavy atom. The molecule has 0 radical (unpaired) electrons. The second-order valence-corrected chi connectivity index (χ2v) is 14.1. The Morgan fingerprint density at radius 2 is 1.65 bits per heavy atom. The molecule has 246 valence electrons. The number of rotatable bonds is 8. The van der Waals surface area contributed by atoms with Gasteiger partial charge in [0.2, 0.25) is 21.8 Å². The molecule has 1 unspecified atom stereocenters. The minimum atomic E-state index is -2.97. The van der Waals surface area contributed by atoms with Crippen molar-refractivity contribution in [2.75, 3.05) is 18.2 Å². The summed E-state index contributed by atoms with van der Waals surface area (Å²) in [5, 5.41) is 18.2. The average molecular weight is 690 g/mol. The lowest BCUT2D eigenvalue weighted by molar-refractivity contribution is -0.124. The number of halogens is 2. The zero-order valence-electron chi connectivity index (χ0n) is 25.6. The van der Waals surface area contributed by atoms with E-state index < -0.39 is 34.5 Å². The van der Waals surface area contributed by atoms with Gasteiger partial charge < -0.3 is 21.1 Å². The third-order valence-electron chi connectivity index (χ3n) is 7.92. The predicted molar refractivity (Wildman–Crippen MR) is 179 cm³/mol. The second kappa shape index (κ2) is 15.9. The molecule has 0 bridgehead atoms. The summed E-state index contributed by atoms with van der Waals surface area (Å²) < 4.78 is 24.2. The number of fused-ring (bicyclic) bond motifs is 1. The topological polar surface area (TPSA) is 154 Å². The van der Waals surface area contributed by atoms with Crippen LogP contribution in [0, 0.1) is 0 Å². The maximum absolute atomic E-state index is 13.6. The van der Waals surface area contributed by atoms with Crippen LogP contribution in [0.15, 0.2) is 66.7 Å². The van der Waals surface area contributed by atoms with E-state index in [1.807, 2.05) is 6.92 Å². The van der Waals surface area contributed by atoms with E-state index in [2.05, 4.69) is 20.7 Å². The van der Waals surface area contributed by atoms with Gasteiger partial charge in [-0.2, -0.15) is 0 Å². The molecule has 5 N–H and O–H groups in total. The lowest BCUT2D eigenvalue weighted by Crippen LogP contribution is -2.45. The highest BCUT2D eigenvalue weighted by Crippen LogP contribution is 2.40. The third-order valence-corrected chi connectivity index (χ3v) is 9.25. The smallest absolute Gasteiger partial charge is 0.252 e. The zero-order valence-corrected chi connectivity index (χ0v) is 27.9. The van der Waals surface area contributed by atoms with Gasteiger partial charge in [-0.1, -0.05) is 78.9 Å². The number of hydrogen-bond donors (Lipinski definition) is 5. The Bertz CT molecular complexity index is 1660. The first-order chi connectivity index (χ1) is 21.9. The van der Waals surface area contributed by atoms with Crippen molar-refractivity contribution in [1.29, 1.82) is 0 Å². The predicted octanol–water partition coefficient (Wildman–Crippen LogP) is 5.24. The molecule has 10 nitrogen and oxygen atoms in total. The van der Waals surface area contributed by atoms with Gasteiger partial charge in [0.25, 0.3) is 5.91 Å². The maximum Gasteiger partial charge on any atom is 0.252 e. The molecule has 5 rings (SSSR count). The normalized spacial score (nSPS) is 18.7. The van der Waals surface area contributed by atoms with E-state index in [1.54, 1.807) is 66.7 Å². The monoisotopic (exact) mass is 688 g/mol. The van der Waals surface area contributed by atoms with E-state index in [9.17, 15) is 22.8 Å². The number of amides is 3. The molecule has 2 aliphatic rings. The van der Waals surface area contributed by atoms with Crippen LogP contribution < -0.4 is 20.7 Å². The van der Waals surface area contributed by atoms with Gasteiger partial charge in [0, 0.05) is 27.3 Å². The number of aliphatic hydroxyl groups is 1. The number of aliphatic hydroxyl groups excluding tert-OH is 1. The number of hydrogen-bond acceptors (Lipinski definition) is 6. The van der Waals surface area contributed by atoms with Crippen LogP contribution in [0.4, 0.5) is 5.69 Å². The van der Waals surface area contributed by atoms with Gasteiger partial charge >= 0.3 is 0 Å². The quantitative estimate of drug-likeness (QED) is 0.218. The van der Waals surface area contributed by atoms with Crippen molar-refractivity contribution in [3.05, 3.63) is 99.0 Å². The van der Waals surface area contributed by atoms with Gasteiger partial charge in [0.05, 0.1) is 24.3 Å². The zero-order chi connectivity index (χ0) is 33.4. The molecule has 3 aromatic carbocycles. The summed E-state index contributed by atoms with van der Waals surface area (Å²) >= 11 is 12.5. The molecule has 1 fully saturated rings. The number of carbonyl (C=O) groups excluding carboxylic acids is 3. The Kier molecular flexibility index (Phi) is 12.2. The summed E-state index contributed by atoms with van der Waals surface area (Å²) in [6, 6.07) is 18.1. The van der Waals surface area contributed by atoms with Gasteiger partial charge in [0.15, 0.2) is 0 Å².